The van der Waals surface area contributed by atoms with Gasteiger partial charge in [-0.15, -0.1) is 0 Å². The van der Waals surface area contributed by atoms with Crippen molar-refractivity contribution in [3.05, 3.63) is 6.42 Å². The van der Waals surface area contributed by atoms with Gasteiger partial charge in [0, 0.05) is 0 Å². The molecule has 45 valence electrons. The second kappa shape index (κ2) is 1.75. The van der Waals surface area contributed by atoms with E-state index in [0.717, 1.165) is 11.8 Å². The average molecular weight is 109 g/mol. The molecule has 0 aromatic heterocycles. The topological polar surface area (TPSA) is 0 Å². The molecular weight excluding hydrogens is 96.1 g/mol. The highest BCUT2D eigenvalue weighted by atomic mass is 14.4. The van der Waals surface area contributed by atoms with E-state index in [1.54, 1.807) is 12.8 Å². The van der Waals surface area contributed by atoms with Gasteiger partial charge in [-0.2, -0.15) is 0 Å². The maximum atomic E-state index is 2.42. The number of hydrogen-bond acceptors (Lipinski definition) is 0. The lowest BCUT2D eigenvalue weighted by Gasteiger charge is -2.39. The number of rotatable bonds is 1. The van der Waals surface area contributed by atoms with Crippen molar-refractivity contribution < 1.29 is 0 Å². The van der Waals surface area contributed by atoms with Gasteiger partial charge in [0.05, 0.1) is 0 Å². The normalized spacial score (nSPS) is 31.5. The van der Waals surface area contributed by atoms with Crippen LogP contribution in [0.2, 0.25) is 0 Å². The van der Waals surface area contributed by atoms with Gasteiger partial charge in [-0.3, -0.25) is 0 Å². The standard InChI is InChI=1S/C8H13/c1-3-7(4-1)8-5-2-6-8/h1,7-8H,2-6H2. The van der Waals surface area contributed by atoms with E-state index in [0.29, 0.717) is 0 Å². The SMILES string of the molecule is [CH]1CC(C2CCC2)C1. The third-order valence-electron chi connectivity index (χ3n) is 2.76. The van der Waals surface area contributed by atoms with Gasteiger partial charge in [0.2, 0.25) is 0 Å². The van der Waals surface area contributed by atoms with E-state index in [4.69, 9.17) is 0 Å². The largest absolute Gasteiger partial charge is 0.0528 e. The molecule has 0 aliphatic heterocycles. The molecule has 0 aromatic rings. The zero-order valence-electron chi connectivity index (χ0n) is 5.27. The molecule has 1 radical (unpaired) electrons. The summed E-state index contributed by atoms with van der Waals surface area (Å²) in [4.78, 5) is 0. The maximum Gasteiger partial charge on any atom is -0.0380 e. The molecule has 2 saturated carbocycles. The van der Waals surface area contributed by atoms with Crippen LogP contribution in [0.1, 0.15) is 32.1 Å². The summed E-state index contributed by atoms with van der Waals surface area (Å²) in [6.07, 6.45) is 9.89. The Hall–Kier alpha value is 0. The fraction of sp³-hybridized carbons (Fsp3) is 0.875. The highest BCUT2D eigenvalue weighted by Gasteiger charge is 2.30. The smallest absolute Gasteiger partial charge is 0.0380 e. The van der Waals surface area contributed by atoms with Crippen molar-refractivity contribution in [2.75, 3.05) is 0 Å². The Morgan fingerprint density at radius 3 is 1.88 bits per heavy atom. The Labute approximate surface area is 51.3 Å². The lowest BCUT2D eigenvalue weighted by atomic mass is 9.67. The first-order valence-corrected chi connectivity index (χ1v) is 3.78. The van der Waals surface area contributed by atoms with Gasteiger partial charge in [-0.1, -0.05) is 19.3 Å². The van der Waals surface area contributed by atoms with Crippen LogP contribution in [0, 0.1) is 18.3 Å². The van der Waals surface area contributed by atoms with Crippen LogP contribution < -0.4 is 0 Å². The fourth-order valence-corrected chi connectivity index (χ4v) is 1.66. The molecule has 2 rings (SSSR count). The zero-order valence-corrected chi connectivity index (χ0v) is 5.27. The van der Waals surface area contributed by atoms with Crippen LogP contribution in [0.25, 0.3) is 0 Å². The van der Waals surface area contributed by atoms with E-state index in [2.05, 4.69) is 6.42 Å². The second-order valence-corrected chi connectivity index (χ2v) is 3.21. The summed E-state index contributed by atoms with van der Waals surface area (Å²) in [5.74, 6) is 2.28. The third-order valence-corrected chi connectivity index (χ3v) is 2.76. The quantitative estimate of drug-likeness (QED) is 0.485. The molecule has 8 heavy (non-hydrogen) atoms. The minimum absolute atomic E-state index is 1.13. The van der Waals surface area contributed by atoms with Crippen molar-refractivity contribution >= 4 is 0 Å². The third kappa shape index (κ3) is 0.586. The van der Waals surface area contributed by atoms with Crippen molar-refractivity contribution in [3.8, 4) is 0 Å². The zero-order chi connectivity index (χ0) is 5.40. The monoisotopic (exact) mass is 109 g/mol. The molecule has 0 unspecified atom stereocenters. The average Bonchev–Trinajstić information content (AvgIpc) is 1.47. The Kier molecular flexibility index (Phi) is 1.06. The van der Waals surface area contributed by atoms with Gasteiger partial charge in [0.1, 0.15) is 0 Å². The Bertz CT molecular complexity index is 66.0. The second-order valence-electron chi connectivity index (χ2n) is 3.21. The van der Waals surface area contributed by atoms with Crippen molar-refractivity contribution in [3.63, 3.8) is 0 Å². The van der Waals surface area contributed by atoms with E-state index >= 15 is 0 Å². The molecule has 0 amide bonds. The summed E-state index contributed by atoms with van der Waals surface area (Å²) in [6.45, 7) is 0. The molecular formula is C8H13. The molecule has 0 nitrogen and oxygen atoms in total. The first kappa shape index (κ1) is 4.84. The van der Waals surface area contributed by atoms with E-state index in [1.807, 2.05) is 0 Å². The summed E-state index contributed by atoms with van der Waals surface area (Å²) in [6, 6.07) is 0. The summed E-state index contributed by atoms with van der Waals surface area (Å²) in [7, 11) is 0. The van der Waals surface area contributed by atoms with Crippen LogP contribution in [0.3, 0.4) is 0 Å². The van der Waals surface area contributed by atoms with Crippen LogP contribution >= 0.6 is 0 Å². The van der Waals surface area contributed by atoms with E-state index in [1.165, 1.54) is 19.3 Å². The highest BCUT2D eigenvalue weighted by molar-refractivity contribution is 4.92. The molecule has 0 atom stereocenters. The van der Waals surface area contributed by atoms with Gasteiger partial charge < -0.3 is 0 Å². The molecule has 0 spiro atoms. The molecule has 0 N–H and O–H groups in total. The van der Waals surface area contributed by atoms with Crippen LogP contribution in [-0.4, -0.2) is 0 Å². The lowest BCUT2D eigenvalue weighted by molar-refractivity contribution is 0.165. The molecule has 2 fully saturated rings. The Morgan fingerprint density at radius 2 is 1.75 bits per heavy atom. The predicted molar refractivity (Wildman–Crippen MR) is 34.4 cm³/mol. The van der Waals surface area contributed by atoms with Crippen molar-refractivity contribution in [2.24, 2.45) is 11.8 Å². The molecule has 0 heterocycles. The van der Waals surface area contributed by atoms with Crippen LogP contribution in [0.15, 0.2) is 0 Å². The summed E-state index contributed by atoms with van der Waals surface area (Å²) in [5, 5.41) is 0. The highest BCUT2D eigenvalue weighted by Crippen LogP contribution is 2.42. The van der Waals surface area contributed by atoms with Gasteiger partial charge in [0.25, 0.3) is 0 Å². The van der Waals surface area contributed by atoms with Crippen molar-refractivity contribution in [1.29, 1.82) is 0 Å². The van der Waals surface area contributed by atoms with E-state index in [-0.39, 0.29) is 0 Å². The van der Waals surface area contributed by atoms with Crippen molar-refractivity contribution in [2.45, 2.75) is 32.1 Å². The summed E-state index contributed by atoms with van der Waals surface area (Å²) in [5.41, 5.74) is 0. The van der Waals surface area contributed by atoms with Gasteiger partial charge in [-0.05, 0) is 31.1 Å². The Balaban J connectivity index is 1.79. The van der Waals surface area contributed by atoms with E-state index in [9.17, 15) is 0 Å². The molecule has 0 heteroatoms. The summed E-state index contributed by atoms with van der Waals surface area (Å²) >= 11 is 0. The maximum absolute atomic E-state index is 2.42. The minimum Gasteiger partial charge on any atom is -0.0528 e. The molecule has 0 aromatic carbocycles. The first-order valence-electron chi connectivity index (χ1n) is 3.78. The number of hydrogen-bond donors (Lipinski definition) is 0. The van der Waals surface area contributed by atoms with Crippen LogP contribution in [0.4, 0.5) is 0 Å². The van der Waals surface area contributed by atoms with Crippen LogP contribution in [-0.2, 0) is 0 Å². The molecule has 2 aliphatic rings. The summed E-state index contributed by atoms with van der Waals surface area (Å²) < 4.78 is 0. The van der Waals surface area contributed by atoms with Crippen LogP contribution in [0.5, 0.6) is 0 Å². The van der Waals surface area contributed by atoms with Gasteiger partial charge >= 0.3 is 0 Å². The molecule has 0 saturated heterocycles. The lowest BCUT2D eigenvalue weighted by Crippen LogP contribution is -2.27. The fourth-order valence-electron chi connectivity index (χ4n) is 1.66. The Morgan fingerprint density at radius 1 is 1.00 bits per heavy atom. The van der Waals surface area contributed by atoms with Crippen molar-refractivity contribution in [1.82, 2.24) is 0 Å². The first-order chi connectivity index (χ1) is 3.97. The molecule has 2 aliphatic carbocycles. The van der Waals surface area contributed by atoms with E-state index < -0.39 is 0 Å². The predicted octanol–water partition coefficient (Wildman–Crippen LogP) is 2.40. The van der Waals surface area contributed by atoms with Gasteiger partial charge in [0.15, 0.2) is 0 Å². The molecule has 0 bridgehead atoms. The minimum atomic E-state index is 1.13. The van der Waals surface area contributed by atoms with Gasteiger partial charge in [-0.25, -0.2) is 0 Å².